The van der Waals surface area contributed by atoms with Crippen molar-refractivity contribution in [1.82, 2.24) is 9.21 Å². The molecular formula is C13H26N2O3S. The number of hydrogen-bond acceptors (Lipinski definition) is 4. The maximum absolute atomic E-state index is 12.3. The van der Waals surface area contributed by atoms with E-state index >= 15 is 0 Å². The molecule has 0 N–H and O–H groups in total. The Morgan fingerprint density at radius 1 is 1.37 bits per heavy atom. The molecule has 0 radical (unpaired) electrons. The highest BCUT2D eigenvalue weighted by molar-refractivity contribution is 7.88. The summed E-state index contributed by atoms with van der Waals surface area (Å²) in [5, 5.41) is 0. The number of Topliss-reactive ketones (excluding diaryl/α,β-unsaturated/α-hetero) is 1. The summed E-state index contributed by atoms with van der Waals surface area (Å²) < 4.78 is 24.6. The Morgan fingerprint density at radius 3 is 2.42 bits per heavy atom. The molecule has 19 heavy (non-hydrogen) atoms. The van der Waals surface area contributed by atoms with E-state index in [2.05, 4.69) is 0 Å². The Hall–Kier alpha value is -0.460. The summed E-state index contributed by atoms with van der Waals surface area (Å²) in [6.45, 7) is 4.88. The molecule has 1 fully saturated rings. The minimum Gasteiger partial charge on any atom is -0.298 e. The van der Waals surface area contributed by atoms with Crippen LogP contribution in [-0.2, 0) is 14.8 Å². The highest BCUT2D eigenvalue weighted by atomic mass is 32.2. The Kier molecular flexibility index (Phi) is 5.15. The van der Waals surface area contributed by atoms with Crippen molar-refractivity contribution in [2.24, 2.45) is 5.92 Å². The van der Waals surface area contributed by atoms with E-state index in [9.17, 15) is 13.2 Å². The molecule has 0 aromatic carbocycles. The summed E-state index contributed by atoms with van der Waals surface area (Å²) in [6, 6.07) is 0. The average molecular weight is 290 g/mol. The lowest BCUT2D eigenvalue weighted by Crippen LogP contribution is -2.47. The van der Waals surface area contributed by atoms with Gasteiger partial charge in [0.25, 0.3) is 0 Å². The second-order valence-electron chi connectivity index (χ2n) is 6.21. The predicted molar refractivity (Wildman–Crippen MR) is 76.5 cm³/mol. The van der Waals surface area contributed by atoms with Gasteiger partial charge in [0.15, 0.2) is 5.78 Å². The summed E-state index contributed by atoms with van der Waals surface area (Å²) in [5.41, 5.74) is -0.493. The molecule has 5 nitrogen and oxygen atoms in total. The van der Waals surface area contributed by atoms with Gasteiger partial charge in [-0.15, -0.1) is 0 Å². The van der Waals surface area contributed by atoms with E-state index in [-0.39, 0.29) is 11.7 Å². The van der Waals surface area contributed by atoms with Crippen LogP contribution in [0, 0.1) is 5.92 Å². The van der Waals surface area contributed by atoms with Gasteiger partial charge in [-0.25, -0.2) is 12.7 Å². The number of hydrogen-bond donors (Lipinski definition) is 0. The van der Waals surface area contributed by atoms with Crippen molar-refractivity contribution in [3.8, 4) is 0 Å². The van der Waals surface area contributed by atoms with Crippen LogP contribution in [0.25, 0.3) is 0 Å². The quantitative estimate of drug-likeness (QED) is 0.757. The zero-order valence-corrected chi connectivity index (χ0v) is 13.5. The zero-order valence-electron chi connectivity index (χ0n) is 12.6. The van der Waals surface area contributed by atoms with E-state index in [4.69, 9.17) is 0 Å². The van der Waals surface area contributed by atoms with Crippen LogP contribution < -0.4 is 0 Å². The third-order valence-corrected chi connectivity index (χ3v) is 5.49. The van der Waals surface area contributed by atoms with E-state index in [0.29, 0.717) is 19.5 Å². The van der Waals surface area contributed by atoms with Crippen molar-refractivity contribution in [3.05, 3.63) is 0 Å². The first-order chi connectivity index (χ1) is 8.55. The molecule has 112 valence electrons. The van der Waals surface area contributed by atoms with Crippen LogP contribution in [0.1, 0.15) is 33.1 Å². The first kappa shape index (κ1) is 16.6. The van der Waals surface area contributed by atoms with Crippen molar-refractivity contribution in [1.29, 1.82) is 0 Å². The minimum atomic E-state index is -3.13. The van der Waals surface area contributed by atoms with Crippen molar-refractivity contribution in [2.75, 3.05) is 33.4 Å². The molecular weight excluding hydrogens is 264 g/mol. The second-order valence-corrected chi connectivity index (χ2v) is 8.19. The molecule has 1 atom stereocenters. The van der Waals surface area contributed by atoms with Gasteiger partial charge in [-0.3, -0.25) is 9.69 Å². The Morgan fingerprint density at radius 2 is 1.95 bits per heavy atom. The van der Waals surface area contributed by atoms with E-state index in [1.807, 2.05) is 32.8 Å². The third-order valence-electron chi connectivity index (χ3n) is 4.23. The Bertz CT molecular complexity index is 429. The number of rotatable bonds is 5. The fourth-order valence-electron chi connectivity index (χ4n) is 2.26. The van der Waals surface area contributed by atoms with Crippen molar-refractivity contribution in [2.45, 2.75) is 38.6 Å². The Balaban J connectivity index is 2.66. The molecule has 6 heteroatoms. The Labute approximate surface area is 117 Å². The minimum absolute atomic E-state index is 0.148. The zero-order chi connectivity index (χ0) is 14.8. The number of carbonyl (C=O) groups is 1. The van der Waals surface area contributed by atoms with Crippen molar-refractivity contribution in [3.63, 3.8) is 0 Å². The third kappa shape index (κ3) is 4.26. The van der Waals surface area contributed by atoms with Crippen LogP contribution in [0.2, 0.25) is 0 Å². The molecule has 0 bridgehead atoms. The number of nitrogens with zero attached hydrogens (tertiary/aromatic N) is 2. The van der Waals surface area contributed by atoms with Gasteiger partial charge < -0.3 is 0 Å². The fraction of sp³-hybridized carbons (Fsp3) is 0.923. The number of ketones is 1. The lowest BCUT2D eigenvalue weighted by Gasteiger charge is -2.35. The molecule has 1 aliphatic rings. The highest BCUT2D eigenvalue weighted by Gasteiger charge is 2.34. The van der Waals surface area contributed by atoms with Gasteiger partial charge in [0, 0.05) is 19.5 Å². The van der Waals surface area contributed by atoms with Gasteiger partial charge in [0.2, 0.25) is 10.0 Å². The standard InChI is InChI=1S/C13H26N2O3S/c1-13(2,14(3)4)12(16)9-11-7-6-8-15(10-11)19(5,17)18/h11H,6-10H2,1-5H3. The monoisotopic (exact) mass is 290 g/mol. The van der Waals surface area contributed by atoms with E-state index in [1.165, 1.54) is 10.6 Å². The van der Waals surface area contributed by atoms with Gasteiger partial charge >= 0.3 is 0 Å². The van der Waals surface area contributed by atoms with Crippen LogP contribution in [-0.4, -0.2) is 62.4 Å². The molecule has 0 aromatic heterocycles. The molecule has 0 amide bonds. The van der Waals surface area contributed by atoms with Gasteiger partial charge in [0.05, 0.1) is 11.8 Å². The number of sulfonamides is 1. The van der Waals surface area contributed by atoms with Crippen LogP contribution in [0.4, 0.5) is 0 Å². The molecule has 0 spiro atoms. The normalized spacial score (nSPS) is 22.7. The molecule has 1 saturated heterocycles. The van der Waals surface area contributed by atoms with Crippen LogP contribution in [0.3, 0.4) is 0 Å². The average Bonchev–Trinajstić information content (AvgIpc) is 2.27. The lowest BCUT2D eigenvalue weighted by molar-refractivity contribution is -0.129. The maximum Gasteiger partial charge on any atom is 0.211 e. The molecule has 0 aromatic rings. The number of carbonyl (C=O) groups excluding carboxylic acids is 1. The molecule has 1 unspecified atom stereocenters. The topological polar surface area (TPSA) is 57.7 Å². The first-order valence-electron chi connectivity index (χ1n) is 6.71. The van der Waals surface area contributed by atoms with Crippen molar-refractivity contribution < 1.29 is 13.2 Å². The molecule has 0 saturated carbocycles. The van der Waals surface area contributed by atoms with E-state index in [0.717, 1.165) is 12.8 Å². The molecule has 1 rings (SSSR count). The first-order valence-corrected chi connectivity index (χ1v) is 8.56. The molecule has 0 aliphatic carbocycles. The molecule has 1 aliphatic heterocycles. The van der Waals surface area contributed by atoms with E-state index < -0.39 is 15.6 Å². The largest absolute Gasteiger partial charge is 0.298 e. The SMILES string of the molecule is CN(C)C(C)(C)C(=O)CC1CCCN(S(C)(=O)=O)C1. The summed E-state index contributed by atoms with van der Waals surface area (Å²) in [4.78, 5) is 14.2. The second kappa shape index (κ2) is 5.89. The predicted octanol–water partition coefficient (Wildman–Crippen LogP) is 0.957. The van der Waals surface area contributed by atoms with Gasteiger partial charge in [-0.1, -0.05) is 0 Å². The van der Waals surface area contributed by atoms with Crippen LogP contribution in [0.15, 0.2) is 0 Å². The lowest BCUT2D eigenvalue weighted by atomic mass is 9.86. The van der Waals surface area contributed by atoms with Gasteiger partial charge in [-0.05, 0) is 46.7 Å². The van der Waals surface area contributed by atoms with Crippen molar-refractivity contribution >= 4 is 15.8 Å². The van der Waals surface area contributed by atoms with E-state index in [1.54, 1.807) is 0 Å². The number of likely N-dealkylation sites (N-methyl/N-ethyl adjacent to an activating group) is 1. The van der Waals surface area contributed by atoms with Crippen LogP contribution >= 0.6 is 0 Å². The van der Waals surface area contributed by atoms with Gasteiger partial charge in [0.1, 0.15) is 0 Å². The number of piperidine rings is 1. The summed E-state index contributed by atoms with van der Waals surface area (Å²) in [5.74, 6) is 0.327. The summed E-state index contributed by atoms with van der Waals surface area (Å²) in [7, 11) is 0.646. The molecule has 1 heterocycles. The summed E-state index contributed by atoms with van der Waals surface area (Å²) in [6.07, 6.45) is 3.47. The fourth-order valence-corrected chi connectivity index (χ4v) is 3.20. The maximum atomic E-state index is 12.3. The van der Waals surface area contributed by atoms with Gasteiger partial charge in [-0.2, -0.15) is 0 Å². The van der Waals surface area contributed by atoms with Crippen LogP contribution in [0.5, 0.6) is 0 Å². The highest BCUT2D eigenvalue weighted by Crippen LogP contribution is 2.25. The summed E-state index contributed by atoms with van der Waals surface area (Å²) >= 11 is 0. The smallest absolute Gasteiger partial charge is 0.211 e.